The molecule has 0 radical (unpaired) electrons. The first-order chi connectivity index (χ1) is 9.76. The largest absolute Gasteiger partial charge is 0.483 e. The Bertz CT molecular complexity index is 448. The minimum absolute atomic E-state index is 0.0473. The fourth-order valence-electron chi connectivity index (χ4n) is 2.73. The molecule has 1 saturated heterocycles. The van der Waals surface area contributed by atoms with E-state index in [1.807, 2.05) is 29.2 Å². The highest BCUT2D eigenvalue weighted by molar-refractivity contribution is 5.78. The summed E-state index contributed by atoms with van der Waals surface area (Å²) in [5, 5.41) is 0. The number of likely N-dealkylation sites (tertiary alicyclic amines) is 1. The van der Waals surface area contributed by atoms with Crippen molar-refractivity contribution in [1.82, 2.24) is 4.90 Å². The Kier molecular flexibility index (Phi) is 5.41. The van der Waals surface area contributed by atoms with E-state index in [-0.39, 0.29) is 18.6 Å². The summed E-state index contributed by atoms with van der Waals surface area (Å²) in [6.07, 6.45) is 4.13. The predicted molar refractivity (Wildman–Crippen MR) is 79.7 cm³/mol. The number of aryl methyl sites for hydroxylation is 1. The van der Waals surface area contributed by atoms with Gasteiger partial charge in [-0.05, 0) is 37.3 Å². The van der Waals surface area contributed by atoms with Crippen LogP contribution >= 0.6 is 0 Å². The summed E-state index contributed by atoms with van der Waals surface area (Å²) in [4.78, 5) is 14.2. The number of piperidine rings is 1. The highest BCUT2D eigenvalue weighted by Crippen LogP contribution is 2.20. The topological polar surface area (TPSA) is 55.6 Å². The predicted octanol–water partition coefficient (Wildman–Crippen LogP) is 1.97. The zero-order valence-corrected chi connectivity index (χ0v) is 12.2. The first-order valence-corrected chi connectivity index (χ1v) is 7.46. The lowest BCUT2D eigenvalue weighted by atomic mass is 10.0. The van der Waals surface area contributed by atoms with Crippen molar-refractivity contribution in [3.05, 3.63) is 29.8 Å². The van der Waals surface area contributed by atoms with E-state index in [9.17, 15) is 4.79 Å². The minimum Gasteiger partial charge on any atom is -0.483 e. The van der Waals surface area contributed by atoms with E-state index in [2.05, 4.69) is 6.92 Å². The smallest absolute Gasteiger partial charge is 0.260 e. The van der Waals surface area contributed by atoms with Gasteiger partial charge in [-0.1, -0.05) is 25.1 Å². The molecule has 1 atom stereocenters. The molecule has 1 aliphatic heterocycles. The van der Waals surface area contributed by atoms with Gasteiger partial charge in [-0.25, -0.2) is 0 Å². The molecular weight excluding hydrogens is 252 g/mol. The zero-order valence-electron chi connectivity index (χ0n) is 12.2. The third-order valence-electron chi connectivity index (χ3n) is 3.92. The van der Waals surface area contributed by atoms with Gasteiger partial charge in [-0.15, -0.1) is 0 Å². The molecule has 1 unspecified atom stereocenters. The van der Waals surface area contributed by atoms with Crippen LogP contribution < -0.4 is 10.5 Å². The van der Waals surface area contributed by atoms with Gasteiger partial charge in [-0.2, -0.15) is 0 Å². The van der Waals surface area contributed by atoms with Crippen molar-refractivity contribution < 1.29 is 9.53 Å². The average Bonchev–Trinajstić information content (AvgIpc) is 2.52. The first-order valence-electron chi connectivity index (χ1n) is 7.46. The quantitative estimate of drug-likeness (QED) is 0.894. The molecule has 0 aromatic heterocycles. The molecule has 110 valence electrons. The molecule has 0 saturated carbocycles. The Morgan fingerprint density at radius 1 is 1.40 bits per heavy atom. The highest BCUT2D eigenvalue weighted by atomic mass is 16.5. The summed E-state index contributed by atoms with van der Waals surface area (Å²) >= 11 is 0. The van der Waals surface area contributed by atoms with Crippen LogP contribution in [0.25, 0.3) is 0 Å². The maximum absolute atomic E-state index is 12.3. The summed E-state index contributed by atoms with van der Waals surface area (Å²) in [6.45, 7) is 3.53. The van der Waals surface area contributed by atoms with Gasteiger partial charge in [0.05, 0.1) is 0 Å². The zero-order chi connectivity index (χ0) is 14.4. The Balaban J connectivity index is 1.94. The monoisotopic (exact) mass is 276 g/mol. The first kappa shape index (κ1) is 14.9. The molecular formula is C16H24N2O2. The molecule has 1 aliphatic rings. The summed E-state index contributed by atoms with van der Waals surface area (Å²) < 4.78 is 5.70. The van der Waals surface area contributed by atoms with E-state index in [0.717, 1.165) is 43.5 Å². The van der Waals surface area contributed by atoms with Gasteiger partial charge in [0.1, 0.15) is 5.75 Å². The average molecular weight is 276 g/mol. The maximum Gasteiger partial charge on any atom is 0.260 e. The van der Waals surface area contributed by atoms with Gasteiger partial charge in [0.15, 0.2) is 6.61 Å². The second kappa shape index (κ2) is 7.29. The number of nitrogens with two attached hydrogens (primary N) is 1. The Morgan fingerprint density at radius 3 is 2.95 bits per heavy atom. The standard InChI is InChI=1S/C16H24N2O2/c1-2-13-7-3-4-9-15(13)20-12-16(19)18-10-6-5-8-14(18)11-17/h3-4,7,9,14H,2,5-6,8,10-12,17H2,1H3. The molecule has 2 rings (SSSR count). The van der Waals surface area contributed by atoms with Crippen LogP contribution in [-0.2, 0) is 11.2 Å². The summed E-state index contributed by atoms with van der Waals surface area (Å²) in [5.41, 5.74) is 6.88. The third-order valence-corrected chi connectivity index (χ3v) is 3.92. The van der Waals surface area contributed by atoms with Crippen LogP contribution in [0.2, 0.25) is 0 Å². The summed E-state index contributed by atoms with van der Waals surface area (Å²) in [5.74, 6) is 0.857. The van der Waals surface area contributed by atoms with E-state index in [1.165, 1.54) is 0 Å². The number of hydrogen-bond donors (Lipinski definition) is 1. The third kappa shape index (κ3) is 3.51. The van der Waals surface area contributed by atoms with Crippen molar-refractivity contribution in [3.63, 3.8) is 0 Å². The van der Waals surface area contributed by atoms with Gasteiger partial charge in [-0.3, -0.25) is 4.79 Å². The van der Waals surface area contributed by atoms with Gasteiger partial charge in [0.2, 0.25) is 0 Å². The second-order valence-corrected chi connectivity index (χ2v) is 5.22. The normalized spacial score (nSPS) is 18.9. The van der Waals surface area contributed by atoms with E-state index in [4.69, 9.17) is 10.5 Å². The van der Waals surface area contributed by atoms with Crippen molar-refractivity contribution in [2.75, 3.05) is 19.7 Å². The van der Waals surface area contributed by atoms with Gasteiger partial charge < -0.3 is 15.4 Å². The van der Waals surface area contributed by atoms with Crippen LogP contribution in [0.5, 0.6) is 5.75 Å². The van der Waals surface area contributed by atoms with Crippen LogP contribution in [0.1, 0.15) is 31.7 Å². The number of rotatable bonds is 5. The summed E-state index contributed by atoms with van der Waals surface area (Å²) in [7, 11) is 0. The number of amides is 1. The van der Waals surface area contributed by atoms with Crippen molar-refractivity contribution in [2.45, 2.75) is 38.6 Å². The SMILES string of the molecule is CCc1ccccc1OCC(=O)N1CCCCC1CN. The number of benzene rings is 1. The number of carbonyl (C=O) groups is 1. The van der Waals surface area contributed by atoms with Crippen LogP contribution in [-0.4, -0.2) is 36.5 Å². The number of ether oxygens (including phenoxy) is 1. The molecule has 1 aromatic rings. The van der Waals surface area contributed by atoms with Crippen molar-refractivity contribution in [3.8, 4) is 5.75 Å². The second-order valence-electron chi connectivity index (χ2n) is 5.22. The molecule has 0 spiro atoms. The lowest BCUT2D eigenvalue weighted by Crippen LogP contribution is -2.49. The molecule has 1 fully saturated rings. The van der Waals surface area contributed by atoms with Crippen LogP contribution in [0.3, 0.4) is 0 Å². The lowest BCUT2D eigenvalue weighted by Gasteiger charge is -2.35. The fourth-order valence-corrected chi connectivity index (χ4v) is 2.73. The van der Waals surface area contributed by atoms with Gasteiger partial charge in [0.25, 0.3) is 5.91 Å². The van der Waals surface area contributed by atoms with Crippen LogP contribution in [0.15, 0.2) is 24.3 Å². The fraction of sp³-hybridized carbons (Fsp3) is 0.562. The van der Waals surface area contributed by atoms with Crippen molar-refractivity contribution in [2.24, 2.45) is 5.73 Å². The molecule has 1 aromatic carbocycles. The van der Waals surface area contributed by atoms with E-state index < -0.39 is 0 Å². The van der Waals surface area contributed by atoms with E-state index >= 15 is 0 Å². The molecule has 4 heteroatoms. The molecule has 2 N–H and O–H groups in total. The number of nitrogens with zero attached hydrogens (tertiary/aromatic N) is 1. The molecule has 1 amide bonds. The van der Waals surface area contributed by atoms with Crippen molar-refractivity contribution in [1.29, 1.82) is 0 Å². The maximum atomic E-state index is 12.3. The molecule has 4 nitrogen and oxygen atoms in total. The minimum atomic E-state index is 0.0473. The lowest BCUT2D eigenvalue weighted by molar-refractivity contribution is -0.136. The van der Waals surface area contributed by atoms with Crippen LogP contribution in [0.4, 0.5) is 0 Å². The van der Waals surface area contributed by atoms with Gasteiger partial charge in [0, 0.05) is 19.1 Å². The highest BCUT2D eigenvalue weighted by Gasteiger charge is 2.25. The summed E-state index contributed by atoms with van der Waals surface area (Å²) in [6, 6.07) is 8.05. The Hall–Kier alpha value is -1.55. The molecule has 20 heavy (non-hydrogen) atoms. The molecule has 0 aliphatic carbocycles. The number of hydrogen-bond acceptors (Lipinski definition) is 3. The van der Waals surface area contributed by atoms with Crippen LogP contribution in [0, 0.1) is 0 Å². The number of para-hydroxylation sites is 1. The van der Waals surface area contributed by atoms with Gasteiger partial charge >= 0.3 is 0 Å². The Labute approximate surface area is 120 Å². The molecule has 1 heterocycles. The van der Waals surface area contributed by atoms with Crippen molar-refractivity contribution >= 4 is 5.91 Å². The Morgan fingerprint density at radius 2 is 2.20 bits per heavy atom. The molecule has 0 bridgehead atoms. The number of carbonyl (C=O) groups excluding carboxylic acids is 1. The van der Waals surface area contributed by atoms with E-state index in [1.54, 1.807) is 0 Å². The van der Waals surface area contributed by atoms with E-state index in [0.29, 0.717) is 6.54 Å².